The first-order chi connectivity index (χ1) is 5.75. The summed E-state index contributed by atoms with van der Waals surface area (Å²) in [6.07, 6.45) is 2.67. The lowest BCUT2D eigenvalue weighted by atomic mass is 10.1. The van der Waals surface area contributed by atoms with E-state index in [1.807, 2.05) is 0 Å². The molecule has 1 aromatic heterocycles. The first kappa shape index (κ1) is 8.93. The molecule has 12 heavy (non-hydrogen) atoms. The van der Waals surface area contributed by atoms with E-state index in [9.17, 15) is 4.79 Å². The van der Waals surface area contributed by atoms with Crippen molar-refractivity contribution in [1.29, 1.82) is 0 Å². The van der Waals surface area contributed by atoms with Gasteiger partial charge in [-0.2, -0.15) is 0 Å². The topological polar surface area (TPSA) is 69.1 Å². The van der Waals surface area contributed by atoms with Crippen LogP contribution in [-0.4, -0.2) is 17.5 Å². The van der Waals surface area contributed by atoms with E-state index in [0.717, 1.165) is 5.56 Å². The number of nitrogens with zero attached hydrogens (tertiary/aromatic N) is 1. The Balaban J connectivity index is 2.59. The summed E-state index contributed by atoms with van der Waals surface area (Å²) in [4.78, 5) is 11.3. The van der Waals surface area contributed by atoms with Crippen LogP contribution in [0, 0.1) is 6.92 Å². The molecule has 0 unspecified atom stereocenters. The molecule has 0 fully saturated rings. The molecule has 1 rings (SSSR count). The lowest BCUT2D eigenvalue weighted by molar-refractivity contribution is 0.0944. The minimum atomic E-state index is -0.0181. The van der Waals surface area contributed by atoms with Gasteiger partial charge in [0, 0.05) is 12.0 Å². The van der Waals surface area contributed by atoms with Gasteiger partial charge in [-0.3, -0.25) is 4.79 Å². The van der Waals surface area contributed by atoms with Crippen LogP contribution in [0.1, 0.15) is 29.0 Å². The molecule has 0 saturated heterocycles. The molecule has 4 nitrogen and oxygen atoms in total. The zero-order valence-electron chi connectivity index (χ0n) is 7.04. The molecule has 0 aliphatic rings. The predicted octanol–water partition coefficient (Wildman–Crippen LogP) is 0.905. The summed E-state index contributed by atoms with van der Waals surface area (Å²) in [5.74, 6) is 0.346. The molecule has 66 valence electrons. The minimum Gasteiger partial charge on any atom is -0.353 e. The smallest absolute Gasteiger partial charge is 0.205 e. The Hall–Kier alpha value is -1.16. The van der Waals surface area contributed by atoms with Crippen molar-refractivity contribution in [3.05, 3.63) is 17.5 Å². The fraction of sp³-hybridized carbons (Fsp3) is 0.500. The van der Waals surface area contributed by atoms with E-state index >= 15 is 0 Å². The number of hydrogen-bond acceptors (Lipinski definition) is 4. The number of carbonyl (C=O) groups is 1. The maximum Gasteiger partial charge on any atom is 0.205 e. The quantitative estimate of drug-likeness (QED) is 0.678. The van der Waals surface area contributed by atoms with Crippen LogP contribution in [0.2, 0.25) is 0 Å². The zero-order chi connectivity index (χ0) is 8.97. The number of aromatic nitrogens is 1. The van der Waals surface area contributed by atoms with E-state index in [2.05, 4.69) is 5.16 Å². The Morgan fingerprint density at radius 2 is 2.50 bits per heavy atom. The Morgan fingerprint density at radius 1 is 1.75 bits per heavy atom. The Morgan fingerprint density at radius 3 is 3.00 bits per heavy atom. The highest BCUT2D eigenvalue weighted by Crippen LogP contribution is 2.09. The first-order valence-corrected chi connectivity index (χ1v) is 3.90. The summed E-state index contributed by atoms with van der Waals surface area (Å²) in [6.45, 7) is 2.32. The number of aryl methyl sites for hydroxylation is 1. The van der Waals surface area contributed by atoms with Crippen LogP contribution in [0.5, 0.6) is 0 Å². The summed E-state index contributed by atoms with van der Waals surface area (Å²) >= 11 is 0. The summed E-state index contributed by atoms with van der Waals surface area (Å²) in [6, 6.07) is 0. The van der Waals surface area contributed by atoms with Crippen molar-refractivity contribution in [2.45, 2.75) is 19.8 Å². The standard InChI is InChI=1S/C8H12N2O2/c1-6-5-10-12-8(6)7(11)3-2-4-9/h5H,2-4,9H2,1H3. The van der Waals surface area contributed by atoms with Crippen molar-refractivity contribution in [1.82, 2.24) is 5.16 Å². The second kappa shape index (κ2) is 4.01. The molecule has 2 N–H and O–H groups in total. The van der Waals surface area contributed by atoms with Crippen LogP contribution in [0.15, 0.2) is 10.7 Å². The highest BCUT2D eigenvalue weighted by Gasteiger charge is 2.12. The van der Waals surface area contributed by atoms with E-state index in [0.29, 0.717) is 25.1 Å². The number of rotatable bonds is 4. The molecule has 0 saturated carbocycles. The molecule has 0 amide bonds. The molecule has 0 atom stereocenters. The van der Waals surface area contributed by atoms with Gasteiger partial charge in [0.15, 0.2) is 0 Å². The number of ketones is 1. The van der Waals surface area contributed by atoms with Crippen LogP contribution < -0.4 is 5.73 Å². The van der Waals surface area contributed by atoms with Crippen molar-refractivity contribution >= 4 is 5.78 Å². The van der Waals surface area contributed by atoms with Gasteiger partial charge in [0.05, 0.1) is 6.20 Å². The van der Waals surface area contributed by atoms with Gasteiger partial charge >= 0.3 is 0 Å². The van der Waals surface area contributed by atoms with Crippen LogP contribution >= 0.6 is 0 Å². The number of hydrogen-bond donors (Lipinski definition) is 1. The molecule has 1 heterocycles. The first-order valence-electron chi connectivity index (χ1n) is 3.90. The zero-order valence-corrected chi connectivity index (χ0v) is 7.04. The molecule has 0 aliphatic carbocycles. The highest BCUT2D eigenvalue weighted by molar-refractivity contribution is 5.94. The fourth-order valence-electron chi connectivity index (χ4n) is 0.936. The SMILES string of the molecule is Cc1cnoc1C(=O)CCCN. The molecule has 1 aromatic rings. The van der Waals surface area contributed by atoms with Gasteiger partial charge in [-0.15, -0.1) is 0 Å². The average molecular weight is 168 g/mol. The average Bonchev–Trinajstić information content (AvgIpc) is 2.47. The highest BCUT2D eigenvalue weighted by atomic mass is 16.5. The molecule has 0 bridgehead atoms. The molecular weight excluding hydrogens is 156 g/mol. The molecular formula is C8H12N2O2. The minimum absolute atomic E-state index is 0.0181. The number of Topliss-reactive ketones (excluding diaryl/α,β-unsaturated/α-hetero) is 1. The van der Waals surface area contributed by atoms with Gasteiger partial charge in [0.25, 0.3) is 0 Å². The second-order valence-electron chi connectivity index (χ2n) is 2.65. The van der Waals surface area contributed by atoms with E-state index in [1.165, 1.54) is 6.20 Å². The van der Waals surface area contributed by atoms with Crippen LogP contribution in [-0.2, 0) is 0 Å². The third kappa shape index (κ3) is 1.92. The predicted molar refractivity (Wildman–Crippen MR) is 43.9 cm³/mol. The van der Waals surface area contributed by atoms with E-state index < -0.39 is 0 Å². The van der Waals surface area contributed by atoms with Crippen LogP contribution in [0.3, 0.4) is 0 Å². The fourth-order valence-corrected chi connectivity index (χ4v) is 0.936. The van der Waals surface area contributed by atoms with Gasteiger partial charge < -0.3 is 10.3 Å². The van der Waals surface area contributed by atoms with E-state index in [1.54, 1.807) is 6.92 Å². The van der Waals surface area contributed by atoms with Gasteiger partial charge in [-0.25, -0.2) is 0 Å². The van der Waals surface area contributed by atoms with Gasteiger partial charge in [0.2, 0.25) is 11.5 Å². The monoisotopic (exact) mass is 168 g/mol. The number of nitrogens with two attached hydrogens (primary N) is 1. The van der Waals surface area contributed by atoms with Crippen molar-refractivity contribution < 1.29 is 9.32 Å². The lowest BCUT2D eigenvalue weighted by Gasteiger charge is -1.94. The van der Waals surface area contributed by atoms with Crippen LogP contribution in [0.4, 0.5) is 0 Å². The van der Waals surface area contributed by atoms with Crippen molar-refractivity contribution in [3.8, 4) is 0 Å². The van der Waals surface area contributed by atoms with Crippen molar-refractivity contribution in [2.75, 3.05) is 6.54 Å². The van der Waals surface area contributed by atoms with E-state index in [4.69, 9.17) is 10.3 Å². The summed E-state index contributed by atoms with van der Waals surface area (Å²) in [7, 11) is 0. The third-order valence-electron chi connectivity index (χ3n) is 1.61. The molecule has 4 heteroatoms. The summed E-state index contributed by atoms with van der Waals surface area (Å²) in [5.41, 5.74) is 6.06. The normalized spacial score (nSPS) is 10.2. The maximum absolute atomic E-state index is 11.3. The van der Waals surface area contributed by atoms with Crippen LogP contribution in [0.25, 0.3) is 0 Å². The summed E-state index contributed by atoms with van der Waals surface area (Å²) < 4.78 is 4.78. The van der Waals surface area contributed by atoms with Crippen molar-refractivity contribution in [3.63, 3.8) is 0 Å². The van der Waals surface area contributed by atoms with E-state index in [-0.39, 0.29) is 5.78 Å². The molecule has 0 radical (unpaired) electrons. The molecule has 0 aromatic carbocycles. The summed E-state index contributed by atoms with van der Waals surface area (Å²) in [5, 5.41) is 3.52. The van der Waals surface area contributed by atoms with Gasteiger partial charge in [0.1, 0.15) is 0 Å². The molecule has 0 spiro atoms. The Kier molecular flexibility index (Phi) is 2.99. The largest absolute Gasteiger partial charge is 0.353 e. The maximum atomic E-state index is 11.3. The third-order valence-corrected chi connectivity index (χ3v) is 1.61. The van der Waals surface area contributed by atoms with Gasteiger partial charge in [-0.05, 0) is 19.9 Å². The second-order valence-corrected chi connectivity index (χ2v) is 2.65. The lowest BCUT2D eigenvalue weighted by Crippen LogP contribution is -2.04. The Bertz CT molecular complexity index is 268. The van der Waals surface area contributed by atoms with Crippen molar-refractivity contribution in [2.24, 2.45) is 5.73 Å². The number of carbonyl (C=O) groups excluding carboxylic acids is 1. The Labute approximate surface area is 70.7 Å². The molecule has 0 aliphatic heterocycles. The van der Waals surface area contributed by atoms with Gasteiger partial charge in [-0.1, -0.05) is 5.16 Å².